The molecular weight excluding hydrogens is 172 g/mol. The maximum atomic E-state index is 13.4. The first-order chi connectivity index (χ1) is 6.11. The summed E-state index contributed by atoms with van der Waals surface area (Å²) < 4.78 is 28.1. The second-order valence-electron chi connectivity index (χ2n) is 3.19. The van der Waals surface area contributed by atoms with Crippen LogP contribution in [0.5, 0.6) is 0 Å². The van der Waals surface area contributed by atoms with Gasteiger partial charge in [-0.2, -0.15) is 0 Å². The van der Waals surface area contributed by atoms with Crippen molar-refractivity contribution in [3.63, 3.8) is 0 Å². The van der Waals surface area contributed by atoms with Crippen molar-refractivity contribution < 1.29 is 8.78 Å². The van der Waals surface area contributed by atoms with Crippen LogP contribution in [0.3, 0.4) is 0 Å². The van der Waals surface area contributed by atoms with E-state index in [9.17, 15) is 8.78 Å². The van der Waals surface area contributed by atoms with Crippen molar-refractivity contribution in [1.29, 1.82) is 0 Å². The Morgan fingerprint density at radius 2 is 1.92 bits per heavy atom. The first kappa shape index (κ1) is 8.23. The number of fused-ring (bicyclic) bond motifs is 1. The van der Waals surface area contributed by atoms with Gasteiger partial charge in [-0.25, -0.2) is 8.78 Å². The van der Waals surface area contributed by atoms with Crippen LogP contribution in [0.25, 0.3) is 10.9 Å². The van der Waals surface area contributed by atoms with Crippen LogP contribution >= 0.6 is 0 Å². The summed E-state index contributed by atoms with van der Waals surface area (Å²) in [5.74, 6) is -1.52. The largest absolute Gasteiger partial charge is 0.348 e. The van der Waals surface area contributed by atoms with Gasteiger partial charge in [0.15, 0.2) is 11.6 Å². The second-order valence-corrected chi connectivity index (χ2v) is 3.19. The lowest BCUT2D eigenvalue weighted by atomic mass is 10.1. The molecule has 0 radical (unpaired) electrons. The van der Waals surface area contributed by atoms with E-state index in [1.165, 1.54) is 0 Å². The Morgan fingerprint density at radius 1 is 1.23 bits per heavy atom. The van der Waals surface area contributed by atoms with Gasteiger partial charge in [0.05, 0.1) is 5.52 Å². The molecule has 68 valence electrons. The Hall–Kier alpha value is -1.38. The molecule has 1 aromatic heterocycles. The summed E-state index contributed by atoms with van der Waals surface area (Å²) in [6.07, 6.45) is 1.71. The zero-order chi connectivity index (χ0) is 9.59. The monoisotopic (exact) mass is 181 g/mol. The number of halogens is 2. The summed E-state index contributed by atoms with van der Waals surface area (Å²) in [4.78, 5) is 0. The number of nitrogens with zero attached hydrogens (tertiary/aromatic N) is 1. The SMILES string of the molecule is Cc1cc2ccn(C)c2c(F)c1F. The van der Waals surface area contributed by atoms with Crippen molar-refractivity contribution in [3.8, 4) is 0 Å². The summed E-state index contributed by atoms with van der Waals surface area (Å²) in [5, 5.41) is 0.735. The first-order valence-corrected chi connectivity index (χ1v) is 4.01. The molecule has 0 bridgehead atoms. The highest BCUT2D eigenvalue weighted by Crippen LogP contribution is 2.23. The zero-order valence-corrected chi connectivity index (χ0v) is 7.44. The third-order valence-corrected chi connectivity index (χ3v) is 2.22. The Labute approximate surface area is 74.6 Å². The number of rotatable bonds is 0. The molecule has 0 saturated carbocycles. The molecule has 0 fully saturated rings. The van der Waals surface area contributed by atoms with Gasteiger partial charge in [-0.05, 0) is 24.6 Å². The Bertz CT molecular complexity index is 471. The lowest BCUT2D eigenvalue weighted by Gasteiger charge is -2.02. The summed E-state index contributed by atoms with van der Waals surface area (Å²) in [6, 6.07) is 3.42. The van der Waals surface area contributed by atoms with Gasteiger partial charge in [0, 0.05) is 18.6 Å². The minimum Gasteiger partial charge on any atom is -0.348 e. The molecule has 0 amide bonds. The van der Waals surface area contributed by atoms with Crippen LogP contribution in [0.1, 0.15) is 5.56 Å². The summed E-state index contributed by atoms with van der Waals surface area (Å²) >= 11 is 0. The Kier molecular flexibility index (Phi) is 1.62. The van der Waals surface area contributed by atoms with Crippen LogP contribution in [0, 0.1) is 18.6 Å². The number of aryl methyl sites for hydroxylation is 2. The predicted molar refractivity (Wildman–Crippen MR) is 47.6 cm³/mol. The molecule has 0 aliphatic rings. The van der Waals surface area contributed by atoms with E-state index < -0.39 is 11.6 Å². The van der Waals surface area contributed by atoms with Crippen molar-refractivity contribution in [3.05, 3.63) is 35.5 Å². The van der Waals surface area contributed by atoms with Crippen LogP contribution in [0.2, 0.25) is 0 Å². The third-order valence-electron chi connectivity index (χ3n) is 2.22. The molecule has 2 aromatic rings. The van der Waals surface area contributed by atoms with E-state index in [2.05, 4.69) is 0 Å². The second kappa shape index (κ2) is 2.55. The van der Waals surface area contributed by atoms with Gasteiger partial charge < -0.3 is 4.57 Å². The van der Waals surface area contributed by atoms with Crippen LogP contribution in [-0.2, 0) is 7.05 Å². The van der Waals surface area contributed by atoms with E-state index in [-0.39, 0.29) is 0 Å². The average molecular weight is 181 g/mol. The molecule has 2 rings (SSSR count). The van der Waals surface area contributed by atoms with E-state index in [0.717, 1.165) is 5.39 Å². The molecule has 13 heavy (non-hydrogen) atoms. The molecule has 1 nitrogen and oxygen atoms in total. The number of benzene rings is 1. The smallest absolute Gasteiger partial charge is 0.183 e. The molecule has 0 saturated heterocycles. The highest BCUT2D eigenvalue weighted by molar-refractivity contribution is 5.81. The van der Waals surface area contributed by atoms with Gasteiger partial charge in [0.2, 0.25) is 0 Å². The highest BCUT2D eigenvalue weighted by Gasteiger charge is 2.12. The van der Waals surface area contributed by atoms with Gasteiger partial charge >= 0.3 is 0 Å². The van der Waals surface area contributed by atoms with Crippen molar-refractivity contribution in [2.75, 3.05) is 0 Å². The van der Waals surface area contributed by atoms with Crippen LogP contribution in [-0.4, -0.2) is 4.57 Å². The van der Waals surface area contributed by atoms with Crippen molar-refractivity contribution >= 4 is 10.9 Å². The van der Waals surface area contributed by atoms with Crippen molar-refractivity contribution in [1.82, 2.24) is 4.57 Å². The average Bonchev–Trinajstić information content (AvgIpc) is 2.43. The first-order valence-electron chi connectivity index (χ1n) is 4.01. The predicted octanol–water partition coefficient (Wildman–Crippen LogP) is 2.76. The van der Waals surface area contributed by atoms with Gasteiger partial charge in [-0.3, -0.25) is 0 Å². The van der Waals surface area contributed by atoms with Crippen LogP contribution in [0.15, 0.2) is 18.3 Å². The fourth-order valence-corrected chi connectivity index (χ4v) is 1.52. The Balaban J connectivity index is 2.97. The van der Waals surface area contributed by atoms with Crippen LogP contribution in [0.4, 0.5) is 8.78 Å². The maximum Gasteiger partial charge on any atom is 0.183 e. The van der Waals surface area contributed by atoms with E-state index in [0.29, 0.717) is 11.1 Å². The number of hydrogen-bond acceptors (Lipinski definition) is 0. The van der Waals surface area contributed by atoms with E-state index >= 15 is 0 Å². The minimum absolute atomic E-state index is 0.322. The maximum absolute atomic E-state index is 13.4. The van der Waals surface area contributed by atoms with Gasteiger partial charge in [0.25, 0.3) is 0 Å². The van der Waals surface area contributed by atoms with Crippen LogP contribution < -0.4 is 0 Å². The van der Waals surface area contributed by atoms with E-state index in [1.54, 1.807) is 36.9 Å². The lowest BCUT2D eigenvalue weighted by Crippen LogP contribution is -1.94. The molecule has 0 aliphatic carbocycles. The Morgan fingerprint density at radius 3 is 2.62 bits per heavy atom. The van der Waals surface area contributed by atoms with Gasteiger partial charge in [-0.1, -0.05) is 0 Å². The molecule has 0 aliphatic heterocycles. The minimum atomic E-state index is -0.762. The van der Waals surface area contributed by atoms with Crippen molar-refractivity contribution in [2.45, 2.75) is 6.92 Å². The quantitative estimate of drug-likeness (QED) is 0.589. The molecule has 0 N–H and O–H groups in total. The standard InChI is InChI=1S/C10H9F2N/c1-6-5-7-3-4-13(2)10(7)9(12)8(6)11/h3-5H,1-2H3. The zero-order valence-electron chi connectivity index (χ0n) is 7.44. The summed E-state index contributed by atoms with van der Waals surface area (Å²) in [5.41, 5.74) is 0.666. The molecular formula is C10H9F2N. The molecule has 1 heterocycles. The summed E-state index contributed by atoms with van der Waals surface area (Å²) in [7, 11) is 1.69. The number of aromatic nitrogens is 1. The summed E-state index contributed by atoms with van der Waals surface area (Å²) in [6.45, 7) is 1.56. The van der Waals surface area contributed by atoms with E-state index in [4.69, 9.17) is 0 Å². The fourth-order valence-electron chi connectivity index (χ4n) is 1.52. The number of hydrogen-bond donors (Lipinski definition) is 0. The fraction of sp³-hybridized carbons (Fsp3) is 0.200. The highest BCUT2D eigenvalue weighted by atomic mass is 19.2. The third kappa shape index (κ3) is 1.03. The van der Waals surface area contributed by atoms with Gasteiger partial charge in [-0.15, -0.1) is 0 Å². The van der Waals surface area contributed by atoms with Gasteiger partial charge in [0.1, 0.15) is 0 Å². The molecule has 1 aromatic carbocycles. The molecule has 0 atom stereocenters. The molecule has 0 unspecified atom stereocenters. The molecule has 0 spiro atoms. The van der Waals surface area contributed by atoms with E-state index in [1.807, 2.05) is 0 Å². The lowest BCUT2D eigenvalue weighted by molar-refractivity contribution is 0.508. The van der Waals surface area contributed by atoms with Crippen molar-refractivity contribution in [2.24, 2.45) is 7.05 Å². The normalized spacial score (nSPS) is 11.1. The molecule has 3 heteroatoms. The topological polar surface area (TPSA) is 4.93 Å².